The predicted molar refractivity (Wildman–Crippen MR) is 113 cm³/mol. The molecule has 3 rings (SSSR count). The molecule has 1 unspecified atom stereocenters. The van der Waals surface area contributed by atoms with Gasteiger partial charge in [-0.05, 0) is 48.9 Å². The molecule has 3 N–H and O–H groups in total. The van der Waals surface area contributed by atoms with Crippen LogP contribution < -0.4 is 15.4 Å². The summed E-state index contributed by atoms with van der Waals surface area (Å²) in [6.45, 7) is 2.15. The van der Waals surface area contributed by atoms with Gasteiger partial charge in [-0.2, -0.15) is 4.31 Å². The number of benzene rings is 2. The normalized spacial score (nSPS) is 15.7. The second kappa shape index (κ2) is 9.90. The van der Waals surface area contributed by atoms with Crippen LogP contribution in [0.2, 0.25) is 0 Å². The van der Waals surface area contributed by atoms with E-state index in [2.05, 4.69) is 10.6 Å². The molecule has 0 saturated carbocycles. The Morgan fingerprint density at radius 3 is 2.68 bits per heavy atom. The molecule has 1 atom stereocenters. The number of carbonyl (C=O) groups excluding carboxylic acids is 2. The average Bonchev–Trinajstić information content (AvgIpc) is 2.76. The lowest BCUT2D eigenvalue weighted by Gasteiger charge is -2.25. The van der Waals surface area contributed by atoms with Crippen LogP contribution >= 0.6 is 0 Å². The number of rotatable bonds is 8. The molecule has 1 saturated heterocycles. The topological polar surface area (TPSA) is 125 Å². The summed E-state index contributed by atoms with van der Waals surface area (Å²) < 4.78 is 31.9. The Labute approximate surface area is 181 Å². The highest BCUT2D eigenvalue weighted by atomic mass is 32.2. The maximum atomic E-state index is 12.6. The molecule has 2 aromatic rings. The molecular weight excluding hydrogens is 422 g/mol. The largest absolute Gasteiger partial charge is 0.491 e. The molecule has 1 heterocycles. The molecule has 0 radical (unpaired) electrons. The van der Waals surface area contributed by atoms with Crippen LogP contribution in [0.5, 0.6) is 5.75 Å². The fraction of sp³-hybridized carbons (Fsp3) is 0.333. The van der Waals surface area contributed by atoms with Gasteiger partial charge in [0.2, 0.25) is 15.9 Å². The number of nitrogens with one attached hydrogen (secondary N) is 2. The Bertz CT molecular complexity index is 1040. The van der Waals surface area contributed by atoms with Crippen molar-refractivity contribution in [2.24, 2.45) is 0 Å². The van der Waals surface area contributed by atoms with Crippen molar-refractivity contribution in [1.29, 1.82) is 0 Å². The number of aliphatic hydroxyl groups excluding tert-OH is 1. The van der Waals surface area contributed by atoms with E-state index in [0.29, 0.717) is 5.75 Å². The summed E-state index contributed by atoms with van der Waals surface area (Å²) in [6.07, 6.45) is -0.908. The molecule has 1 aliphatic rings. The molecule has 10 heteroatoms. The molecule has 2 amide bonds. The maximum Gasteiger partial charge on any atom is 0.251 e. The van der Waals surface area contributed by atoms with Crippen molar-refractivity contribution < 1.29 is 27.9 Å². The Morgan fingerprint density at radius 1 is 1.26 bits per heavy atom. The number of hydrogen-bond acceptors (Lipinski definition) is 6. The molecule has 2 aromatic carbocycles. The highest BCUT2D eigenvalue weighted by Crippen LogP contribution is 2.17. The van der Waals surface area contributed by atoms with Crippen molar-refractivity contribution in [2.75, 3.05) is 32.8 Å². The van der Waals surface area contributed by atoms with Crippen LogP contribution in [0, 0.1) is 6.92 Å². The Morgan fingerprint density at radius 2 is 2.00 bits per heavy atom. The number of carbonyl (C=O) groups is 2. The van der Waals surface area contributed by atoms with Gasteiger partial charge >= 0.3 is 0 Å². The van der Waals surface area contributed by atoms with E-state index in [1.807, 2.05) is 25.1 Å². The summed E-state index contributed by atoms with van der Waals surface area (Å²) in [5.74, 6) is -0.167. The van der Waals surface area contributed by atoms with Crippen molar-refractivity contribution in [2.45, 2.75) is 17.9 Å². The summed E-state index contributed by atoms with van der Waals surface area (Å²) >= 11 is 0. The van der Waals surface area contributed by atoms with Crippen LogP contribution in [-0.2, 0) is 14.8 Å². The number of nitrogens with zero attached hydrogens (tertiary/aromatic N) is 1. The van der Waals surface area contributed by atoms with Crippen LogP contribution in [-0.4, -0.2) is 68.5 Å². The molecule has 31 heavy (non-hydrogen) atoms. The van der Waals surface area contributed by atoms with Crippen LogP contribution in [0.25, 0.3) is 0 Å². The molecule has 1 aliphatic heterocycles. The monoisotopic (exact) mass is 447 g/mol. The third-order valence-electron chi connectivity index (χ3n) is 4.69. The van der Waals surface area contributed by atoms with Gasteiger partial charge in [-0.25, -0.2) is 8.42 Å². The summed E-state index contributed by atoms with van der Waals surface area (Å²) in [7, 11) is -3.82. The number of hydrogen-bond donors (Lipinski definition) is 3. The predicted octanol–water partition coefficient (Wildman–Crippen LogP) is 0.285. The fourth-order valence-electron chi connectivity index (χ4n) is 3.02. The first-order valence-electron chi connectivity index (χ1n) is 9.78. The van der Waals surface area contributed by atoms with E-state index >= 15 is 0 Å². The lowest BCUT2D eigenvalue weighted by molar-refractivity contribution is -0.122. The van der Waals surface area contributed by atoms with Gasteiger partial charge in [-0.15, -0.1) is 0 Å². The minimum atomic E-state index is -3.82. The number of aliphatic hydroxyl groups is 1. The van der Waals surface area contributed by atoms with Gasteiger partial charge in [-0.3, -0.25) is 9.59 Å². The third kappa shape index (κ3) is 6.03. The van der Waals surface area contributed by atoms with E-state index in [4.69, 9.17) is 4.74 Å². The Balaban J connectivity index is 1.52. The average molecular weight is 448 g/mol. The zero-order valence-corrected chi connectivity index (χ0v) is 17.9. The Kier molecular flexibility index (Phi) is 7.26. The molecule has 9 nitrogen and oxygen atoms in total. The first kappa shape index (κ1) is 22.7. The van der Waals surface area contributed by atoms with Gasteiger partial charge in [0.25, 0.3) is 5.91 Å². The third-order valence-corrected chi connectivity index (χ3v) is 6.55. The van der Waals surface area contributed by atoms with Crippen LogP contribution in [0.1, 0.15) is 15.9 Å². The second-order valence-electron chi connectivity index (χ2n) is 7.20. The standard InChI is InChI=1S/C21H25N3O6S/c1-15-3-2-4-18(11-15)30-14-17(25)12-23-21(27)16-5-7-19(8-6-16)31(28,29)24-10-9-22-20(26)13-24/h2-8,11,17,25H,9-10,12-14H2,1H3,(H,22,26)(H,23,27). The molecule has 0 spiro atoms. The van der Waals surface area contributed by atoms with Crippen LogP contribution in [0.15, 0.2) is 53.4 Å². The SMILES string of the molecule is Cc1cccc(OCC(O)CNC(=O)c2ccc(S(=O)(=O)N3CCNC(=O)C3)cc2)c1. The smallest absolute Gasteiger partial charge is 0.251 e. The highest BCUT2D eigenvalue weighted by molar-refractivity contribution is 7.89. The van der Waals surface area contributed by atoms with Crippen molar-refractivity contribution in [3.8, 4) is 5.75 Å². The zero-order chi connectivity index (χ0) is 22.4. The lowest BCUT2D eigenvalue weighted by atomic mass is 10.2. The number of ether oxygens (including phenoxy) is 1. The van der Waals surface area contributed by atoms with Gasteiger partial charge in [0.1, 0.15) is 18.5 Å². The summed E-state index contributed by atoms with van der Waals surface area (Å²) in [4.78, 5) is 23.8. The number of amides is 2. The van der Waals surface area contributed by atoms with Crippen molar-refractivity contribution in [1.82, 2.24) is 14.9 Å². The molecule has 0 aromatic heterocycles. The van der Waals surface area contributed by atoms with Crippen molar-refractivity contribution in [3.63, 3.8) is 0 Å². The summed E-state index contributed by atoms with van der Waals surface area (Å²) in [5.41, 5.74) is 1.29. The van der Waals surface area contributed by atoms with E-state index in [1.165, 1.54) is 24.3 Å². The first-order chi connectivity index (χ1) is 14.8. The maximum absolute atomic E-state index is 12.6. The van der Waals surface area contributed by atoms with Crippen molar-refractivity contribution >= 4 is 21.8 Å². The minimum Gasteiger partial charge on any atom is -0.491 e. The Hall–Kier alpha value is -2.95. The fourth-order valence-corrected chi connectivity index (χ4v) is 4.41. The number of aryl methyl sites for hydroxylation is 1. The second-order valence-corrected chi connectivity index (χ2v) is 9.14. The van der Waals surface area contributed by atoms with Gasteiger partial charge < -0.3 is 20.5 Å². The van der Waals surface area contributed by atoms with Gasteiger partial charge in [0, 0.05) is 25.2 Å². The highest BCUT2D eigenvalue weighted by Gasteiger charge is 2.29. The molecule has 1 fully saturated rings. The first-order valence-corrected chi connectivity index (χ1v) is 11.2. The molecule has 166 valence electrons. The van der Waals surface area contributed by atoms with Gasteiger partial charge in [0.05, 0.1) is 11.4 Å². The number of piperazine rings is 1. The zero-order valence-electron chi connectivity index (χ0n) is 17.1. The van der Waals surface area contributed by atoms with E-state index in [0.717, 1.165) is 9.87 Å². The van der Waals surface area contributed by atoms with E-state index in [-0.39, 0.29) is 49.2 Å². The molecule has 0 bridgehead atoms. The van der Waals surface area contributed by atoms with Gasteiger partial charge in [-0.1, -0.05) is 12.1 Å². The van der Waals surface area contributed by atoms with E-state index in [9.17, 15) is 23.1 Å². The van der Waals surface area contributed by atoms with E-state index < -0.39 is 22.0 Å². The summed E-state index contributed by atoms with van der Waals surface area (Å²) in [6, 6.07) is 12.8. The van der Waals surface area contributed by atoms with Crippen LogP contribution in [0.3, 0.4) is 0 Å². The number of sulfonamides is 1. The van der Waals surface area contributed by atoms with Crippen molar-refractivity contribution in [3.05, 3.63) is 59.7 Å². The van der Waals surface area contributed by atoms with Gasteiger partial charge in [0.15, 0.2) is 0 Å². The minimum absolute atomic E-state index is 0.00494. The lowest BCUT2D eigenvalue weighted by Crippen LogP contribution is -2.49. The quantitative estimate of drug-likeness (QED) is 0.534. The van der Waals surface area contributed by atoms with Crippen LogP contribution in [0.4, 0.5) is 0 Å². The van der Waals surface area contributed by atoms with E-state index in [1.54, 1.807) is 6.07 Å². The molecular formula is C21H25N3O6S. The summed E-state index contributed by atoms with van der Waals surface area (Å²) in [5, 5.41) is 15.2. The molecule has 0 aliphatic carbocycles.